The van der Waals surface area contributed by atoms with Crippen LogP contribution in [0.2, 0.25) is 0 Å². The third-order valence-corrected chi connectivity index (χ3v) is 3.78. The number of nitrogens with zero attached hydrogens (tertiary/aromatic N) is 1. The summed E-state index contributed by atoms with van der Waals surface area (Å²) in [6.45, 7) is 4.17. The molecule has 0 bridgehead atoms. The fourth-order valence-corrected chi connectivity index (χ4v) is 2.64. The largest absolute Gasteiger partial charge is 0.253 e. The second-order valence-electron chi connectivity index (χ2n) is 5.12. The Morgan fingerprint density at radius 3 is 2.40 bits per heavy atom. The summed E-state index contributed by atoms with van der Waals surface area (Å²) in [6.07, 6.45) is 0.787. The van der Waals surface area contributed by atoms with Gasteiger partial charge in [0, 0.05) is 11.1 Å². The van der Waals surface area contributed by atoms with Crippen molar-refractivity contribution < 1.29 is 4.39 Å². The normalized spacial score (nSPS) is 10.9. The molecule has 0 unspecified atom stereocenters. The summed E-state index contributed by atoms with van der Waals surface area (Å²) in [7, 11) is 0. The molecule has 0 radical (unpaired) electrons. The van der Waals surface area contributed by atoms with Crippen LogP contribution in [0.1, 0.15) is 22.4 Å². The smallest absolute Gasteiger partial charge is 0.123 e. The molecule has 0 saturated heterocycles. The van der Waals surface area contributed by atoms with E-state index in [0.29, 0.717) is 0 Å². The number of benzene rings is 2. The van der Waals surface area contributed by atoms with Gasteiger partial charge in [-0.25, -0.2) is 4.39 Å². The van der Waals surface area contributed by atoms with E-state index in [-0.39, 0.29) is 5.82 Å². The van der Waals surface area contributed by atoms with Crippen LogP contribution in [0.15, 0.2) is 48.5 Å². The van der Waals surface area contributed by atoms with Crippen molar-refractivity contribution in [1.82, 2.24) is 4.98 Å². The van der Waals surface area contributed by atoms with Gasteiger partial charge in [-0.1, -0.05) is 30.3 Å². The van der Waals surface area contributed by atoms with Crippen molar-refractivity contribution in [3.63, 3.8) is 0 Å². The predicted octanol–water partition coefficient (Wildman–Crippen LogP) is 4.58. The Morgan fingerprint density at radius 1 is 0.950 bits per heavy atom. The first kappa shape index (κ1) is 12.8. The van der Waals surface area contributed by atoms with Gasteiger partial charge < -0.3 is 0 Å². The Bertz CT molecular complexity index is 760. The van der Waals surface area contributed by atoms with E-state index < -0.39 is 0 Å². The van der Waals surface area contributed by atoms with Gasteiger partial charge in [0.1, 0.15) is 5.82 Å². The lowest BCUT2D eigenvalue weighted by atomic mass is 9.96. The molecule has 1 heterocycles. The van der Waals surface area contributed by atoms with Crippen molar-refractivity contribution in [1.29, 1.82) is 0 Å². The predicted molar refractivity (Wildman–Crippen MR) is 80.4 cm³/mol. The molecule has 1 aromatic heterocycles. The van der Waals surface area contributed by atoms with Crippen molar-refractivity contribution in [3.05, 3.63) is 76.7 Å². The highest BCUT2D eigenvalue weighted by Crippen LogP contribution is 2.24. The summed E-state index contributed by atoms with van der Waals surface area (Å²) in [6, 6.07) is 14.9. The van der Waals surface area contributed by atoms with Crippen molar-refractivity contribution >= 4 is 10.9 Å². The first-order valence-corrected chi connectivity index (χ1v) is 6.74. The zero-order chi connectivity index (χ0) is 14.1. The number of halogens is 1. The van der Waals surface area contributed by atoms with Gasteiger partial charge in [0.15, 0.2) is 0 Å². The maximum atomic E-state index is 13.0. The molecular weight excluding hydrogens is 249 g/mol. The summed E-state index contributed by atoms with van der Waals surface area (Å²) in [5.74, 6) is -0.196. The minimum absolute atomic E-state index is 0.196. The van der Waals surface area contributed by atoms with Crippen LogP contribution in [-0.2, 0) is 6.42 Å². The summed E-state index contributed by atoms with van der Waals surface area (Å²) >= 11 is 0. The maximum Gasteiger partial charge on any atom is 0.123 e. The fourth-order valence-electron chi connectivity index (χ4n) is 2.64. The summed E-state index contributed by atoms with van der Waals surface area (Å²) < 4.78 is 13.0. The highest BCUT2D eigenvalue weighted by atomic mass is 19.1. The molecule has 2 heteroatoms. The van der Waals surface area contributed by atoms with Crippen LogP contribution in [-0.4, -0.2) is 4.98 Å². The molecule has 20 heavy (non-hydrogen) atoms. The van der Waals surface area contributed by atoms with Gasteiger partial charge in [-0.2, -0.15) is 0 Å². The Kier molecular flexibility index (Phi) is 3.23. The molecule has 0 spiro atoms. The minimum atomic E-state index is -0.196. The lowest BCUT2D eigenvalue weighted by Gasteiger charge is -2.12. The van der Waals surface area contributed by atoms with Crippen molar-refractivity contribution in [2.45, 2.75) is 20.3 Å². The molecule has 1 nitrogen and oxygen atoms in total. The molecule has 0 aliphatic rings. The van der Waals surface area contributed by atoms with E-state index in [1.807, 2.05) is 37.3 Å². The molecule has 3 rings (SSSR count). The Hall–Kier alpha value is -2.22. The van der Waals surface area contributed by atoms with E-state index in [2.05, 4.69) is 18.0 Å². The average Bonchev–Trinajstić information content (AvgIpc) is 2.45. The first-order chi connectivity index (χ1) is 9.65. The number of hydrogen-bond donors (Lipinski definition) is 0. The van der Waals surface area contributed by atoms with Crippen molar-refractivity contribution in [3.8, 4) is 0 Å². The number of aryl methyl sites for hydroxylation is 2. The van der Waals surface area contributed by atoms with Crippen LogP contribution < -0.4 is 0 Å². The van der Waals surface area contributed by atoms with Crippen molar-refractivity contribution in [2.75, 3.05) is 0 Å². The topological polar surface area (TPSA) is 12.9 Å². The number of pyridine rings is 1. The van der Waals surface area contributed by atoms with Gasteiger partial charge in [0.2, 0.25) is 0 Å². The molecule has 3 aromatic rings. The minimum Gasteiger partial charge on any atom is -0.253 e. The van der Waals surface area contributed by atoms with Gasteiger partial charge in [-0.15, -0.1) is 0 Å². The fraction of sp³-hybridized carbons (Fsp3) is 0.167. The number of rotatable bonds is 2. The van der Waals surface area contributed by atoms with Crippen LogP contribution >= 0.6 is 0 Å². The third-order valence-electron chi connectivity index (χ3n) is 3.78. The van der Waals surface area contributed by atoms with Crippen LogP contribution in [0, 0.1) is 19.7 Å². The molecule has 0 amide bonds. The van der Waals surface area contributed by atoms with E-state index in [0.717, 1.165) is 23.2 Å². The Balaban J connectivity index is 2.09. The van der Waals surface area contributed by atoms with Crippen LogP contribution in [0.5, 0.6) is 0 Å². The summed E-state index contributed by atoms with van der Waals surface area (Å²) in [4.78, 5) is 4.68. The zero-order valence-electron chi connectivity index (χ0n) is 11.7. The maximum absolute atomic E-state index is 13.0. The molecule has 0 N–H and O–H groups in total. The van der Waals surface area contributed by atoms with Gasteiger partial charge in [0.05, 0.1) is 5.52 Å². The second kappa shape index (κ2) is 5.04. The van der Waals surface area contributed by atoms with Crippen LogP contribution in [0.25, 0.3) is 10.9 Å². The number of fused-ring (bicyclic) bond motifs is 1. The van der Waals surface area contributed by atoms with Crippen LogP contribution in [0.3, 0.4) is 0 Å². The molecule has 0 saturated carbocycles. The monoisotopic (exact) mass is 265 g/mol. The highest BCUT2D eigenvalue weighted by molar-refractivity contribution is 5.83. The van der Waals surface area contributed by atoms with Gasteiger partial charge in [0.25, 0.3) is 0 Å². The molecule has 0 fully saturated rings. The van der Waals surface area contributed by atoms with Crippen molar-refractivity contribution in [2.24, 2.45) is 0 Å². The summed E-state index contributed by atoms with van der Waals surface area (Å²) in [5.41, 5.74) is 5.68. The lowest BCUT2D eigenvalue weighted by molar-refractivity contribution is 0.627. The molecule has 100 valence electrons. The lowest BCUT2D eigenvalue weighted by Crippen LogP contribution is -2.00. The number of aromatic nitrogens is 1. The second-order valence-corrected chi connectivity index (χ2v) is 5.12. The Morgan fingerprint density at radius 2 is 1.65 bits per heavy atom. The van der Waals surface area contributed by atoms with Gasteiger partial charge >= 0.3 is 0 Å². The van der Waals surface area contributed by atoms with Crippen LogP contribution in [0.4, 0.5) is 4.39 Å². The van der Waals surface area contributed by atoms with E-state index in [1.54, 1.807) is 0 Å². The molecule has 0 aliphatic carbocycles. The van der Waals surface area contributed by atoms with E-state index in [9.17, 15) is 4.39 Å². The molecule has 0 atom stereocenters. The third kappa shape index (κ3) is 2.29. The highest BCUT2D eigenvalue weighted by Gasteiger charge is 2.09. The molecule has 0 aliphatic heterocycles. The standard InChI is InChI=1S/C18H16FN/c1-12-16-5-3-4-6-18(16)20-13(2)17(12)11-14-7-9-15(19)10-8-14/h3-10H,11H2,1-2H3. The SMILES string of the molecule is Cc1nc2ccccc2c(C)c1Cc1ccc(F)cc1. The molecule has 2 aromatic carbocycles. The zero-order valence-corrected chi connectivity index (χ0v) is 11.7. The molecular formula is C18H16FN. The van der Waals surface area contributed by atoms with E-state index in [1.165, 1.54) is 28.6 Å². The quantitative estimate of drug-likeness (QED) is 0.661. The number of hydrogen-bond acceptors (Lipinski definition) is 1. The first-order valence-electron chi connectivity index (χ1n) is 6.74. The van der Waals surface area contributed by atoms with Gasteiger partial charge in [-0.3, -0.25) is 4.98 Å². The Labute approximate surface area is 118 Å². The van der Waals surface area contributed by atoms with E-state index in [4.69, 9.17) is 0 Å². The van der Waals surface area contributed by atoms with Gasteiger partial charge in [-0.05, 0) is 55.2 Å². The average molecular weight is 265 g/mol. The van der Waals surface area contributed by atoms with E-state index >= 15 is 0 Å². The summed E-state index contributed by atoms with van der Waals surface area (Å²) in [5, 5.41) is 1.19. The number of para-hydroxylation sites is 1.